The third kappa shape index (κ3) is 3.80. The summed E-state index contributed by atoms with van der Waals surface area (Å²) in [6, 6.07) is 8.17. The van der Waals surface area contributed by atoms with E-state index in [-0.39, 0.29) is 6.04 Å². The van der Waals surface area contributed by atoms with Crippen LogP contribution in [0.1, 0.15) is 17.2 Å². The average Bonchev–Trinajstić information content (AvgIpc) is 2.85. The summed E-state index contributed by atoms with van der Waals surface area (Å²) in [4.78, 5) is 2.26. The van der Waals surface area contributed by atoms with Gasteiger partial charge in [-0.15, -0.1) is 0 Å². The predicted molar refractivity (Wildman–Crippen MR) is 86.7 cm³/mol. The molecule has 1 aromatic carbocycles. The highest BCUT2D eigenvalue weighted by Gasteiger charge is 2.18. The molecule has 0 saturated heterocycles. The maximum Gasteiger partial charge on any atom is 0.0482 e. The maximum atomic E-state index is 5.99. The van der Waals surface area contributed by atoms with Crippen molar-refractivity contribution in [2.75, 3.05) is 13.6 Å². The van der Waals surface area contributed by atoms with Gasteiger partial charge in [-0.25, -0.2) is 0 Å². The number of halogens is 2. The molecular weight excluding hydrogens is 344 g/mol. The maximum absolute atomic E-state index is 5.99. The lowest BCUT2D eigenvalue weighted by Crippen LogP contribution is -2.30. The highest BCUT2D eigenvalue weighted by Crippen LogP contribution is 2.30. The second-order valence-corrected chi connectivity index (χ2v) is 6.53. The molecule has 0 amide bonds. The smallest absolute Gasteiger partial charge is 0.0482 e. The molecule has 2 N–H and O–H groups in total. The fraction of sp³-hybridized carbons (Fsp3) is 0.286. The molecule has 0 aliphatic carbocycles. The monoisotopic (exact) mass is 358 g/mol. The van der Waals surface area contributed by atoms with Crippen LogP contribution in [-0.2, 0) is 6.54 Å². The molecule has 0 bridgehead atoms. The minimum absolute atomic E-state index is 0.173. The van der Waals surface area contributed by atoms with E-state index in [1.165, 1.54) is 11.1 Å². The SMILES string of the molecule is CN(Cc1ccsc1)C(CN)c1ccc(Cl)cc1Br. The van der Waals surface area contributed by atoms with Gasteiger partial charge in [-0.1, -0.05) is 33.6 Å². The molecular formula is C14H16BrClN2S. The number of thiophene rings is 1. The van der Waals surface area contributed by atoms with E-state index < -0.39 is 0 Å². The Balaban J connectivity index is 2.18. The van der Waals surface area contributed by atoms with Crippen LogP contribution in [0.25, 0.3) is 0 Å². The second kappa shape index (κ2) is 6.86. The molecule has 2 rings (SSSR count). The molecule has 1 atom stereocenters. The Kier molecular flexibility index (Phi) is 5.42. The van der Waals surface area contributed by atoms with Gasteiger partial charge in [0.25, 0.3) is 0 Å². The van der Waals surface area contributed by atoms with Crippen molar-refractivity contribution in [2.45, 2.75) is 12.6 Å². The van der Waals surface area contributed by atoms with Crippen LogP contribution in [0.4, 0.5) is 0 Å². The molecule has 1 heterocycles. The van der Waals surface area contributed by atoms with Crippen molar-refractivity contribution in [1.82, 2.24) is 4.90 Å². The van der Waals surface area contributed by atoms with Gasteiger partial charge in [0.1, 0.15) is 0 Å². The Bertz CT molecular complexity index is 530. The lowest BCUT2D eigenvalue weighted by molar-refractivity contribution is 0.241. The summed E-state index contributed by atoms with van der Waals surface area (Å²) in [6.07, 6.45) is 0. The molecule has 19 heavy (non-hydrogen) atoms. The summed E-state index contributed by atoms with van der Waals surface area (Å²) in [5.74, 6) is 0. The van der Waals surface area contributed by atoms with Crippen LogP contribution >= 0.6 is 38.9 Å². The van der Waals surface area contributed by atoms with Crippen LogP contribution in [0, 0.1) is 0 Å². The van der Waals surface area contributed by atoms with Crippen LogP contribution in [0.5, 0.6) is 0 Å². The fourth-order valence-electron chi connectivity index (χ4n) is 2.10. The summed E-state index contributed by atoms with van der Waals surface area (Å²) in [6.45, 7) is 1.46. The Morgan fingerprint density at radius 3 is 2.79 bits per heavy atom. The largest absolute Gasteiger partial charge is 0.329 e. The van der Waals surface area contributed by atoms with Crippen LogP contribution < -0.4 is 5.73 Å². The van der Waals surface area contributed by atoms with Crippen molar-refractivity contribution in [3.63, 3.8) is 0 Å². The third-order valence-corrected chi connectivity index (χ3v) is 4.74. The highest BCUT2D eigenvalue weighted by atomic mass is 79.9. The van der Waals surface area contributed by atoms with Crippen LogP contribution in [0.3, 0.4) is 0 Å². The first-order valence-electron chi connectivity index (χ1n) is 5.98. The van der Waals surface area contributed by atoms with Crippen molar-refractivity contribution in [2.24, 2.45) is 5.73 Å². The van der Waals surface area contributed by atoms with E-state index in [1.54, 1.807) is 11.3 Å². The zero-order chi connectivity index (χ0) is 13.8. The number of nitrogens with two attached hydrogens (primary N) is 1. The van der Waals surface area contributed by atoms with E-state index in [0.717, 1.165) is 16.0 Å². The molecule has 0 aliphatic rings. The molecule has 0 aliphatic heterocycles. The number of hydrogen-bond acceptors (Lipinski definition) is 3. The molecule has 1 unspecified atom stereocenters. The van der Waals surface area contributed by atoms with Gasteiger partial charge in [-0.05, 0) is 47.1 Å². The summed E-state index contributed by atoms with van der Waals surface area (Å²) in [7, 11) is 2.09. The third-order valence-electron chi connectivity index (χ3n) is 3.09. The number of benzene rings is 1. The zero-order valence-electron chi connectivity index (χ0n) is 10.6. The first-order valence-corrected chi connectivity index (χ1v) is 8.09. The van der Waals surface area contributed by atoms with Crippen molar-refractivity contribution < 1.29 is 0 Å². The van der Waals surface area contributed by atoms with E-state index in [0.29, 0.717) is 6.54 Å². The molecule has 0 saturated carbocycles. The van der Waals surface area contributed by atoms with Gasteiger partial charge in [0.05, 0.1) is 0 Å². The van der Waals surface area contributed by atoms with Gasteiger partial charge in [-0.2, -0.15) is 11.3 Å². The van der Waals surface area contributed by atoms with Crippen LogP contribution in [0.15, 0.2) is 39.5 Å². The average molecular weight is 360 g/mol. The molecule has 0 fully saturated rings. The second-order valence-electron chi connectivity index (χ2n) is 4.46. The number of rotatable bonds is 5. The van der Waals surface area contributed by atoms with Crippen molar-refractivity contribution in [3.05, 3.63) is 55.6 Å². The van der Waals surface area contributed by atoms with E-state index in [4.69, 9.17) is 17.3 Å². The summed E-state index contributed by atoms with van der Waals surface area (Å²) in [5, 5.41) is 4.99. The van der Waals surface area contributed by atoms with Gasteiger partial charge >= 0.3 is 0 Å². The zero-order valence-corrected chi connectivity index (χ0v) is 13.8. The van der Waals surface area contributed by atoms with Crippen molar-refractivity contribution in [3.8, 4) is 0 Å². The summed E-state index contributed by atoms with van der Waals surface area (Å²) in [5.41, 5.74) is 8.44. The Hall–Kier alpha value is -0.390. The molecule has 0 radical (unpaired) electrons. The van der Waals surface area contributed by atoms with Gasteiger partial charge in [-0.3, -0.25) is 4.90 Å². The first-order chi connectivity index (χ1) is 9.11. The number of hydrogen-bond donors (Lipinski definition) is 1. The molecule has 5 heteroatoms. The van der Waals surface area contributed by atoms with E-state index >= 15 is 0 Å². The molecule has 1 aromatic heterocycles. The highest BCUT2D eigenvalue weighted by molar-refractivity contribution is 9.10. The standard InChI is InChI=1S/C14H16BrClN2S/c1-18(8-10-4-5-19-9-10)14(7-17)12-3-2-11(16)6-13(12)15/h2-6,9,14H,7-8,17H2,1H3. The minimum Gasteiger partial charge on any atom is -0.329 e. The summed E-state index contributed by atoms with van der Waals surface area (Å²) < 4.78 is 1.01. The lowest BCUT2D eigenvalue weighted by atomic mass is 10.1. The quantitative estimate of drug-likeness (QED) is 0.862. The fourth-order valence-corrected chi connectivity index (χ4v) is 3.70. The first kappa shape index (κ1) is 15.0. The van der Waals surface area contributed by atoms with Crippen LogP contribution in [0.2, 0.25) is 5.02 Å². The van der Waals surface area contributed by atoms with E-state index in [9.17, 15) is 0 Å². The van der Waals surface area contributed by atoms with Crippen LogP contribution in [-0.4, -0.2) is 18.5 Å². The Labute approximate surface area is 131 Å². The Morgan fingerprint density at radius 2 is 2.21 bits per heavy atom. The molecule has 2 aromatic rings. The van der Waals surface area contributed by atoms with Gasteiger partial charge in [0.15, 0.2) is 0 Å². The van der Waals surface area contributed by atoms with Gasteiger partial charge in [0, 0.05) is 28.6 Å². The van der Waals surface area contributed by atoms with Crippen molar-refractivity contribution in [1.29, 1.82) is 0 Å². The Morgan fingerprint density at radius 1 is 1.42 bits per heavy atom. The lowest BCUT2D eigenvalue weighted by Gasteiger charge is -2.28. The van der Waals surface area contributed by atoms with Crippen molar-refractivity contribution >= 4 is 38.9 Å². The minimum atomic E-state index is 0.173. The van der Waals surface area contributed by atoms with E-state index in [1.807, 2.05) is 18.2 Å². The van der Waals surface area contributed by atoms with E-state index in [2.05, 4.69) is 44.7 Å². The molecule has 2 nitrogen and oxygen atoms in total. The predicted octanol–water partition coefficient (Wildman–Crippen LogP) is 4.30. The summed E-state index contributed by atoms with van der Waals surface area (Å²) >= 11 is 11.3. The molecule has 0 spiro atoms. The molecule has 102 valence electrons. The number of likely N-dealkylation sites (N-methyl/N-ethyl adjacent to an activating group) is 1. The number of nitrogens with zero attached hydrogens (tertiary/aromatic N) is 1. The van der Waals surface area contributed by atoms with Gasteiger partial charge < -0.3 is 5.73 Å². The normalized spacial score (nSPS) is 12.9. The van der Waals surface area contributed by atoms with Gasteiger partial charge in [0.2, 0.25) is 0 Å². The topological polar surface area (TPSA) is 29.3 Å².